The Kier molecular flexibility index (Phi) is 40.0. The maximum atomic E-state index is 4.02. The van der Waals surface area contributed by atoms with Crippen molar-refractivity contribution < 1.29 is 0 Å². The van der Waals surface area contributed by atoms with Crippen LogP contribution in [0.3, 0.4) is 0 Å². The summed E-state index contributed by atoms with van der Waals surface area (Å²) in [5.41, 5.74) is 13.3. The van der Waals surface area contributed by atoms with Crippen molar-refractivity contribution in [2.24, 2.45) is 0 Å². The largest absolute Gasteiger partial charge is 0.101 e. The van der Waals surface area contributed by atoms with E-state index in [1.165, 1.54) is 323 Å². The molecule has 0 saturated heterocycles. The van der Waals surface area contributed by atoms with E-state index in [0.29, 0.717) is 0 Å². The van der Waals surface area contributed by atoms with Crippen LogP contribution in [-0.2, 0) is 25.7 Å². The van der Waals surface area contributed by atoms with Crippen molar-refractivity contribution in [3.05, 3.63) is 90.3 Å². The average molecular weight is 1150 g/mol. The van der Waals surface area contributed by atoms with Crippen molar-refractivity contribution in [1.29, 1.82) is 0 Å². The number of allylic oxidation sites excluding steroid dienone is 4. The van der Waals surface area contributed by atoms with Gasteiger partial charge in [-0.15, -0.1) is 11.8 Å². The molecule has 2 heteroatoms. The molecule has 0 radical (unpaired) electrons. The maximum Gasteiger partial charge on any atom is 0.0808 e. The summed E-state index contributed by atoms with van der Waals surface area (Å²) in [4.78, 5) is 0. The van der Waals surface area contributed by atoms with Crippen molar-refractivity contribution in [3.8, 4) is 47.4 Å². The molecule has 0 atom stereocenters. The smallest absolute Gasteiger partial charge is 0.0808 e. The van der Waals surface area contributed by atoms with Crippen LogP contribution in [0.4, 0.5) is 0 Å². The second-order valence-corrected chi connectivity index (χ2v) is 37.3. The van der Waals surface area contributed by atoms with Crippen LogP contribution >= 0.6 is 0 Å². The van der Waals surface area contributed by atoms with Gasteiger partial charge in [0.2, 0.25) is 0 Å². The van der Waals surface area contributed by atoms with Crippen LogP contribution in [-0.4, -0.2) is 16.1 Å². The first-order valence-electron chi connectivity index (χ1n) is 35.6. The van der Waals surface area contributed by atoms with E-state index < -0.39 is 16.1 Å². The van der Waals surface area contributed by atoms with E-state index in [2.05, 4.69) is 139 Å². The van der Waals surface area contributed by atoms with Gasteiger partial charge < -0.3 is 0 Å². The third kappa shape index (κ3) is 30.1. The molecule has 82 heavy (non-hydrogen) atoms. The third-order valence-electron chi connectivity index (χ3n) is 17.5. The number of rotatable bonds is 46. The highest BCUT2D eigenvalue weighted by Crippen LogP contribution is 2.45. The van der Waals surface area contributed by atoms with Crippen molar-refractivity contribution in [2.45, 2.75) is 363 Å². The molecule has 2 aromatic carbocycles. The first-order chi connectivity index (χ1) is 39.8. The molecule has 456 valence electrons. The standard InChI is InChI=1S/C80H128Si2/c1-13-19-23-27-31-35-39-43-47-51-57-71-67-75(73(65-69(71)55-17-5)59-53-49-45-41-37-33-29-25-21-15-3)61-63-77-79(81(7,8)9)78(80(77)82(10,11)12)64-62-76-68-72(58-52-48-44-40-36-32-28-24-20-14-2)70(56-18-6)66-74(76)60-54-50-46-42-38-34-30-26-22-16-4/h65-68H,13-16,19-54,57-60H2,1-12H3. The minimum Gasteiger partial charge on any atom is -0.101 e. The predicted octanol–water partition coefficient (Wildman–Crippen LogP) is 25.0. The zero-order chi connectivity index (χ0) is 59.5. The van der Waals surface area contributed by atoms with Crippen LogP contribution in [0.1, 0.15) is 343 Å². The van der Waals surface area contributed by atoms with Gasteiger partial charge >= 0.3 is 0 Å². The molecule has 1 aliphatic carbocycles. The maximum absolute atomic E-state index is 4.02. The van der Waals surface area contributed by atoms with Gasteiger partial charge in [0.05, 0.1) is 16.1 Å². The Hall–Kier alpha value is -3.41. The molecule has 0 N–H and O–H groups in total. The number of aryl methyl sites for hydroxylation is 4. The van der Waals surface area contributed by atoms with Gasteiger partial charge in [-0.25, -0.2) is 0 Å². The van der Waals surface area contributed by atoms with Crippen LogP contribution in [0, 0.1) is 47.4 Å². The third-order valence-corrected chi connectivity index (χ3v) is 21.5. The van der Waals surface area contributed by atoms with Crippen molar-refractivity contribution in [1.82, 2.24) is 0 Å². The predicted molar refractivity (Wildman–Crippen MR) is 375 cm³/mol. The summed E-state index contributed by atoms with van der Waals surface area (Å²) in [6.45, 7) is 28.5. The van der Waals surface area contributed by atoms with Gasteiger partial charge in [0, 0.05) is 33.4 Å². The van der Waals surface area contributed by atoms with Crippen molar-refractivity contribution in [3.63, 3.8) is 0 Å². The first-order valence-corrected chi connectivity index (χ1v) is 42.6. The highest BCUT2D eigenvalue weighted by atomic mass is 28.3. The zero-order valence-corrected chi connectivity index (χ0v) is 58.4. The molecule has 2 aromatic rings. The second-order valence-electron chi connectivity index (χ2n) is 27.3. The molecule has 0 heterocycles. The lowest BCUT2D eigenvalue weighted by molar-refractivity contribution is 0.555. The van der Waals surface area contributed by atoms with Gasteiger partial charge in [0.1, 0.15) is 0 Å². The van der Waals surface area contributed by atoms with Gasteiger partial charge in [-0.1, -0.05) is 334 Å². The van der Waals surface area contributed by atoms with Gasteiger partial charge in [0.15, 0.2) is 0 Å². The Labute approximate surface area is 514 Å². The molecule has 0 nitrogen and oxygen atoms in total. The highest BCUT2D eigenvalue weighted by molar-refractivity contribution is 6.89. The SMILES string of the molecule is CC#Cc1cc(CCCCCCCCCCCC)c(C#CC2=C([Si](C)(C)C)C(C#Cc3cc(CCCCCCCCCCCC)c(C#CC)cc3CCCCCCCCCCCC)=C2[Si](C)(C)C)cc1CCCCCCCCCCCC. The van der Waals surface area contributed by atoms with Gasteiger partial charge in [0.25, 0.3) is 0 Å². The molecular weight excluding hydrogens is 1020 g/mol. The van der Waals surface area contributed by atoms with E-state index in [-0.39, 0.29) is 0 Å². The van der Waals surface area contributed by atoms with Crippen LogP contribution < -0.4 is 0 Å². The van der Waals surface area contributed by atoms with Crippen molar-refractivity contribution in [2.75, 3.05) is 0 Å². The van der Waals surface area contributed by atoms with Crippen molar-refractivity contribution >= 4 is 16.1 Å². The average Bonchev–Trinajstić information content (AvgIpc) is 3.44. The Morgan fingerprint density at radius 1 is 0.244 bits per heavy atom. The second kappa shape index (κ2) is 45.0. The van der Waals surface area contributed by atoms with Crippen LogP contribution in [0.5, 0.6) is 0 Å². The number of benzene rings is 2. The van der Waals surface area contributed by atoms with E-state index in [1.807, 2.05) is 13.8 Å². The summed E-state index contributed by atoms with van der Waals surface area (Å²) >= 11 is 0. The fourth-order valence-electron chi connectivity index (χ4n) is 12.6. The van der Waals surface area contributed by atoms with Crippen LogP contribution in [0.15, 0.2) is 45.8 Å². The topological polar surface area (TPSA) is 0 Å². The first kappa shape index (κ1) is 72.9. The highest BCUT2D eigenvalue weighted by Gasteiger charge is 2.41. The summed E-state index contributed by atoms with van der Waals surface area (Å²) in [6.07, 6.45) is 58.6. The van der Waals surface area contributed by atoms with Gasteiger partial charge in [-0.3, -0.25) is 0 Å². The lowest BCUT2D eigenvalue weighted by Crippen LogP contribution is -2.39. The molecule has 3 rings (SSSR count). The Bertz CT molecular complexity index is 2210. The molecule has 0 aliphatic heterocycles. The normalized spacial score (nSPS) is 12.3. The van der Waals surface area contributed by atoms with Gasteiger partial charge in [-0.2, -0.15) is 0 Å². The molecule has 0 fully saturated rings. The lowest BCUT2D eigenvalue weighted by atomic mass is 9.91. The summed E-state index contributed by atoms with van der Waals surface area (Å²) in [5.74, 6) is 29.8. The fourth-order valence-corrected chi connectivity index (χ4v) is 16.6. The van der Waals surface area contributed by atoms with Crippen LogP contribution in [0.25, 0.3) is 0 Å². The number of hydrogen-bond donors (Lipinski definition) is 0. The zero-order valence-electron chi connectivity index (χ0n) is 56.4. The lowest BCUT2D eigenvalue weighted by Gasteiger charge is -2.38. The molecule has 0 aromatic heterocycles. The molecule has 0 saturated carbocycles. The summed E-state index contributed by atoms with van der Waals surface area (Å²) in [7, 11) is -3.72. The molecular formula is C80H128Si2. The van der Waals surface area contributed by atoms with E-state index in [4.69, 9.17) is 0 Å². The van der Waals surface area contributed by atoms with Crippen LogP contribution in [0.2, 0.25) is 39.3 Å². The Balaban J connectivity index is 2.04. The molecule has 0 unspecified atom stereocenters. The minimum atomic E-state index is -1.86. The van der Waals surface area contributed by atoms with E-state index >= 15 is 0 Å². The van der Waals surface area contributed by atoms with E-state index in [1.54, 1.807) is 0 Å². The summed E-state index contributed by atoms with van der Waals surface area (Å²) in [6, 6.07) is 9.92. The number of unbranched alkanes of at least 4 members (excludes halogenated alkanes) is 36. The molecule has 0 spiro atoms. The quantitative estimate of drug-likeness (QED) is 0.0352. The summed E-state index contributed by atoms with van der Waals surface area (Å²) < 4.78 is 0. The fraction of sp³-hybridized carbons (Fsp3) is 0.700. The Morgan fingerprint density at radius 3 is 0.610 bits per heavy atom. The summed E-state index contributed by atoms with van der Waals surface area (Å²) in [5, 5.41) is 3.02. The van der Waals surface area contributed by atoms with Gasteiger partial charge in [-0.05, 0) is 122 Å². The number of hydrogen-bond acceptors (Lipinski definition) is 0. The van der Waals surface area contributed by atoms with E-state index in [0.717, 1.165) is 25.7 Å². The molecule has 1 aliphatic rings. The Morgan fingerprint density at radius 2 is 0.427 bits per heavy atom. The molecule has 0 amide bonds. The monoisotopic (exact) mass is 1140 g/mol. The minimum absolute atomic E-state index is 1.08. The molecule has 0 bridgehead atoms. The van der Waals surface area contributed by atoms with E-state index in [9.17, 15) is 0 Å².